The number of likely N-dealkylation sites (N-methyl/N-ethyl adjacent to an activating group) is 1. The summed E-state index contributed by atoms with van der Waals surface area (Å²) in [5.41, 5.74) is 0. The Morgan fingerprint density at radius 3 is 2.32 bits per heavy atom. The van der Waals surface area contributed by atoms with Gasteiger partial charge in [-0.25, -0.2) is 17.2 Å². The molecule has 9 heteroatoms. The van der Waals surface area contributed by atoms with E-state index in [9.17, 15) is 22.0 Å². The lowest BCUT2D eigenvalue weighted by Crippen LogP contribution is -2.49. The Hall–Kier alpha value is -1.58. The Labute approximate surface area is 127 Å². The number of hydrogen-bond donors (Lipinski definition) is 1. The van der Waals surface area contributed by atoms with Crippen LogP contribution in [0.4, 0.5) is 8.78 Å². The minimum absolute atomic E-state index is 0.343. The van der Waals surface area contributed by atoms with Gasteiger partial charge in [-0.05, 0) is 12.1 Å². The first-order valence-electron chi connectivity index (χ1n) is 6.71. The van der Waals surface area contributed by atoms with Gasteiger partial charge in [0.2, 0.25) is 15.9 Å². The van der Waals surface area contributed by atoms with Crippen molar-refractivity contribution < 1.29 is 22.0 Å². The summed E-state index contributed by atoms with van der Waals surface area (Å²) in [7, 11) is -2.92. The number of piperazine rings is 1. The van der Waals surface area contributed by atoms with E-state index in [-0.39, 0.29) is 12.5 Å². The standard InChI is InChI=1S/C13H17F2N3O3S/c1-17(9-13(19)18-4-2-16-3-5-18)22(20,21)12-7-10(14)6-11(15)8-12/h6-8,16H,2-5,9H2,1H3. The minimum Gasteiger partial charge on any atom is -0.339 e. The van der Waals surface area contributed by atoms with Crippen LogP contribution in [0.25, 0.3) is 0 Å². The fourth-order valence-corrected chi connectivity index (χ4v) is 3.31. The highest BCUT2D eigenvalue weighted by Gasteiger charge is 2.26. The molecule has 122 valence electrons. The van der Waals surface area contributed by atoms with Crippen molar-refractivity contribution in [2.75, 3.05) is 39.8 Å². The van der Waals surface area contributed by atoms with Gasteiger partial charge < -0.3 is 10.2 Å². The molecular formula is C13H17F2N3O3S. The van der Waals surface area contributed by atoms with Crippen molar-refractivity contribution >= 4 is 15.9 Å². The van der Waals surface area contributed by atoms with E-state index in [4.69, 9.17) is 0 Å². The van der Waals surface area contributed by atoms with Crippen LogP contribution in [0.5, 0.6) is 0 Å². The molecule has 1 aromatic rings. The maximum atomic E-state index is 13.2. The SMILES string of the molecule is CN(CC(=O)N1CCNCC1)S(=O)(=O)c1cc(F)cc(F)c1. The summed E-state index contributed by atoms with van der Waals surface area (Å²) in [5.74, 6) is -2.31. The van der Waals surface area contributed by atoms with Gasteiger partial charge >= 0.3 is 0 Å². The van der Waals surface area contributed by atoms with E-state index in [0.29, 0.717) is 32.2 Å². The average Bonchev–Trinajstić information content (AvgIpc) is 2.47. The predicted molar refractivity (Wildman–Crippen MR) is 75.6 cm³/mol. The maximum absolute atomic E-state index is 13.2. The molecule has 1 heterocycles. The third-order valence-corrected chi connectivity index (χ3v) is 5.15. The summed E-state index contributed by atoms with van der Waals surface area (Å²) in [6, 6.07) is 2.04. The van der Waals surface area contributed by atoms with Crippen molar-refractivity contribution in [2.45, 2.75) is 4.90 Å². The number of nitrogens with one attached hydrogen (secondary N) is 1. The Morgan fingerprint density at radius 2 is 1.77 bits per heavy atom. The van der Waals surface area contributed by atoms with Crippen molar-refractivity contribution in [1.29, 1.82) is 0 Å². The molecule has 0 unspecified atom stereocenters. The molecule has 0 spiro atoms. The number of benzene rings is 1. The second-order valence-electron chi connectivity index (χ2n) is 5.00. The normalized spacial score (nSPS) is 16.1. The van der Waals surface area contributed by atoms with Gasteiger partial charge in [0, 0.05) is 39.3 Å². The summed E-state index contributed by atoms with van der Waals surface area (Å²) >= 11 is 0. The molecule has 22 heavy (non-hydrogen) atoms. The van der Waals surface area contributed by atoms with E-state index < -0.39 is 26.6 Å². The van der Waals surface area contributed by atoms with E-state index >= 15 is 0 Å². The quantitative estimate of drug-likeness (QED) is 0.843. The van der Waals surface area contributed by atoms with Gasteiger partial charge in [-0.3, -0.25) is 4.79 Å². The van der Waals surface area contributed by atoms with Crippen LogP contribution in [0.3, 0.4) is 0 Å². The zero-order valence-electron chi connectivity index (χ0n) is 12.1. The van der Waals surface area contributed by atoms with Gasteiger partial charge in [-0.2, -0.15) is 4.31 Å². The average molecular weight is 333 g/mol. The Balaban J connectivity index is 2.12. The molecule has 1 aliphatic heterocycles. The lowest BCUT2D eigenvalue weighted by molar-refractivity contribution is -0.131. The second kappa shape index (κ2) is 6.67. The van der Waals surface area contributed by atoms with Gasteiger partial charge in [0.15, 0.2) is 0 Å². The monoisotopic (exact) mass is 333 g/mol. The van der Waals surface area contributed by atoms with Crippen LogP contribution in [-0.2, 0) is 14.8 Å². The molecule has 1 N–H and O–H groups in total. The summed E-state index contributed by atoms with van der Waals surface area (Å²) in [5, 5.41) is 3.08. The Morgan fingerprint density at radius 1 is 1.23 bits per heavy atom. The van der Waals surface area contributed by atoms with Crippen molar-refractivity contribution in [1.82, 2.24) is 14.5 Å². The highest BCUT2D eigenvalue weighted by atomic mass is 32.2. The molecule has 1 aromatic carbocycles. The van der Waals surface area contributed by atoms with Crippen molar-refractivity contribution in [3.05, 3.63) is 29.8 Å². The lowest BCUT2D eigenvalue weighted by Gasteiger charge is -2.29. The van der Waals surface area contributed by atoms with Crippen molar-refractivity contribution in [3.63, 3.8) is 0 Å². The van der Waals surface area contributed by atoms with E-state index in [1.165, 1.54) is 7.05 Å². The molecule has 0 saturated carbocycles. The van der Waals surface area contributed by atoms with Gasteiger partial charge in [0.25, 0.3) is 0 Å². The van der Waals surface area contributed by atoms with Crippen LogP contribution < -0.4 is 5.32 Å². The first kappa shape index (κ1) is 16.8. The van der Waals surface area contributed by atoms with Gasteiger partial charge in [0.05, 0.1) is 11.4 Å². The Kier molecular flexibility index (Phi) is 5.09. The third-order valence-electron chi connectivity index (χ3n) is 3.37. The fraction of sp³-hybridized carbons (Fsp3) is 0.462. The number of rotatable bonds is 4. The lowest BCUT2D eigenvalue weighted by atomic mass is 10.3. The number of carbonyl (C=O) groups excluding carboxylic acids is 1. The zero-order valence-corrected chi connectivity index (χ0v) is 12.9. The number of halogens is 2. The smallest absolute Gasteiger partial charge is 0.243 e. The van der Waals surface area contributed by atoms with Gasteiger partial charge in [0.1, 0.15) is 11.6 Å². The molecule has 0 radical (unpaired) electrons. The molecule has 0 aliphatic carbocycles. The molecule has 2 rings (SSSR count). The summed E-state index contributed by atoms with van der Waals surface area (Å²) in [6.07, 6.45) is 0. The van der Waals surface area contributed by atoms with Crippen LogP contribution in [0, 0.1) is 11.6 Å². The van der Waals surface area contributed by atoms with Crippen LogP contribution in [0.2, 0.25) is 0 Å². The largest absolute Gasteiger partial charge is 0.339 e. The molecule has 0 aromatic heterocycles. The predicted octanol–water partition coefficient (Wildman–Crippen LogP) is 0.0171. The number of carbonyl (C=O) groups is 1. The van der Waals surface area contributed by atoms with Crippen LogP contribution in [-0.4, -0.2) is 63.3 Å². The van der Waals surface area contributed by atoms with E-state index in [1.54, 1.807) is 4.90 Å². The molecular weight excluding hydrogens is 316 g/mol. The van der Waals surface area contributed by atoms with E-state index in [2.05, 4.69) is 5.32 Å². The molecule has 1 fully saturated rings. The second-order valence-corrected chi connectivity index (χ2v) is 7.04. The maximum Gasteiger partial charge on any atom is 0.243 e. The first-order valence-corrected chi connectivity index (χ1v) is 8.15. The highest BCUT2D eigenvalue weighted by Crippen LogP contribution is 2.17. The molecule has 0 atom stereocenters. The number of sulfonamides is 1. The first-order chi connectivity index (χ1) is 10.3. The van der Waals surface area contributed by atoms with Crippen LogP contribution in [0.15, 0.2) is 23.1 Å². The summed E-state index contributed by atoms with van der Waals surface area (Å²) < 4.78 is 51.7. The Bertz CT molecular complexity index is 640. The number of nitrogens with zero attached hydrogens (tertiary/aromatic N) is 2. The third kappa shape index (κ3) is 3.79. The van der Waals surface area contributed by atoms with Gasteiger partial charge in [-0.1, -0.05) is 0 Å². The van der Waals surface area contributed by atoms with Crippen LogP contribution in [0.1, 0.15) is 0 Å². The molecule has 1 saturated heterocycles. The molecule has 0 bridgehead atoms. The van der Waals surface area contributed by atoms with Gasteiger partial charge in [-0.15, -0.1) is 0 Å². The number of hydrogen-bond acceptors (Lipinski definition) is 4. The van der Waals surface area contributed by atoms with Crippen LogP contribution >= 0.6 is 0 Å². The van der Waals surface area contributed by atoms with E-state index in [1.807, 2.05) is 0 Å². The summed E-state index contributed by atoms with van der Waals surface area (Å²) in [6.45, 7) is 1.93. The topological polar surface area (TPSA) is 69.7 Å². The number of amides is 1. The molecule has 1 aliphatic rings. The summed E-state index contributed by atoms with van der Waals surface area (Å²) in [4.78, 5) is 13.1. The highest BCUT2D eigenvalue weighted by molar-refractivity contribution is 7.89. The molecule has 6 nitrogen and oxygen atoms in total. The van der Waals surface area contributed by atoms with E-state index in [0.717, 1.165) is 16.4 Å². The molecule has 1 amide bonds. The minimum atomic E-state index is -4.13. The fourth-order valence-electron chi connectivity index (χ4n) is 2.15. The zero-order chi connectivity index (χ0) is 16.3. The van der Waals surface area contributed by atoms with Crippen molar-refractivity contribution in [3.8, 4) is 0 Å². The van der Waals surface area contributed by atoms with Crippen molar-refractivity contribution in [2.24, 2.45) is 0 Å².